The SMILES string of the molecule is Cc1oc(-c2ccco2)nc1CC(=O)N1CCc2ccccc21. The maximum atomic E-state index is 12.6. The molecule has 1 amide bonds. The number of carbonyl (C=O) groups is 1. The lowest BCUT2D eigenvalue weighted by molar-refractivity contribution is -0.117. The fourth-order valence-electron chi connectivity index (χ4n) is 2.93. The molecular formula is C18H16N2O3. The molecule has 116 valence electrons. The number of aromatic nitrogens is 1. The van der Waals surface area contributed by atoms with E-state index in [1.165, 1.54) is 5.56 Å². The first-order valence-electron chi connectivity index (χ1n) is 7.61. The lowest BCUT2D eigenvalue weighted by Crippen LogP contribution is -2.30. The summed E-state index contributed by atoms with van der Waals surface area (Å²) >= 11 is 0. The van der Waals surface area contributed by atoms with E-state index in [0.717, 1.165) is 18.7 Å². The Morgan fingerprint density at radius 3 is 2.96 bits per heavy atom. The van der Waals surface area contributed by atoms with Crippen LogP contribution in [0.1, 0.15) is 17.0 Å². The van der Waals surface area contributed by atoms with E-state index in [-0.39, 0.29) is 12.3 Å². The third kappa shape index (κ3) is 2.44. The Morgan fingerprint density at radius 1 is 1.26 bits per heavy atom. The number of aryl methyl sites for hydroxylation is 1. The Labute approximate surface area is 133 Å². The standard InChI is InChI=1S/C18H16N2O3/c1-12-14(19-18(23-12)16-7-4-10-22-16)11-17(21)20-9-8-13-5-2-3-6-15(13)20/h2-7,10H,8-9,11H2,1H3. The topological polar surface area (TPSA) is 59.5 Å². The molecule has 4 rings (SSSR count). The fraction of sp³-hybridized carbons (Fsp3) is 0.222. The zero-order chi connectivity index (χ0) is 15.8. The van der Waals surface area contributed by atoms with Crippen molar-refractivity contribution in [1.29, 1.82) is 0 Å². The largest absolute Gasteiger partial charge is 0.459 e. The van der Waals surface area contributed by atoms with Crippen LogP contribution in [-0.2, 0) is 17.6 Å². The van der Waals surface area contributed by atoms with E-state index in [4.69, 9.17) is 8.83 Å². The number of furan rings is 1. The molecule has 0 N–H and O–H groups in total. The molecule has 0 aliphatic carbocycles. The molecule has 0 spiro atoms. The molecule has 0 saturated carbocycles. The first-order chi connectivity index (χ1) is 11.2. The first-order valence-corrected chi connectivity index (χ1v) is 7.61. The first kappa shape index (κ1) is 13.8. The number of oxazole rings is 1. The summed E-state index contributed by atoms with van der Waals surface area (Å²) in [7, 11) is 0. The Balaban J connectivity index is 1.56. The quantitative estimate of drug-likeness (QED) is 0.744. The van der Waals surface area contributed by atoms with Crippen molar-refractivity contribution < 1.29 is 13.6 Å². The summed E-state index contributed by atoms with van der Waals surface area (Å²) < 4.78 is 10.9. The molecule has 5 heteroatoms. The second-order valence-corrected chi connectivity index (χ2v) is 5.60. The van der Waals surface area contributed by atoms with Crippen LogP contribution in [0.3, 0.4) is 0 Å². The highest BCUT2D eigenvalue weighted by atomic mass is 16.4. The lowest BCUT2D eigenvalue weighted by Gasteiger charge is -2.16. The van der Waals surface area contributed by atoms with Crippen molar-refractivity contribution in [2.24, 2.45) is 0 Å². The van der Waals surface area contributed by atoms with Crippen molar-refractivity contribution in [1.82, 2.24) is 4.98 Å². The zero-order valence-corrected chi connectivity index (χ0v) is 12.8. The van der Waals surface area contributed by atoms with Crippen molar-refractivity contribution in [3.05, 3.63) is 59.7 Å². The van der Waals surface area contributed by atoms with Gasteiger partial charge in [0.25, 0.3) is 5.89 Å². The Bertz CT molecular complexity index is 849. The van der Waals surface area contributed by atoms with Gasteiger partial charge in [0.2, 0.25) is 5.91 Å². The molecule has 0 saturated heterocycles. The van der Waals surface area contributed by atoms with E-state index in [0.29, 0.717) is 23.1 Å². The number of hydrogen-bond acceptors (Lipinski definition) is 4. The highest BCUT2D eigenvalue weighted by Gasteiger charge is 2.26. The Morgan fingerprint density at radius 2 is 2.13 bits per heavy atom. The molecule has 1 aliphatic heterocycles. The number of rotatable bonds is 3. The summed E-state index contributed by atoms with van der Waals surface area (Å²) in [6, 6.07) is 11.6. The van der Waals surface area contributed by atoms with Crippen LogP contribution in [0.4, 0.5) is 5.69 Å². The van der Waals surface area contributed by atoms with Gasteiger partial charge >= 0.3 is 0 Å². The Hall–Kier alpha value is -2.82. The summed E-state index contributed by atoms with van der Waals surface area (Å²) in [5.41, 5.74) is 2.88. The number of para-hydroxylation sites is 1. The molecule has 0 unspecified atom stereocenters. The fourth-order valence-corrected chi connectivity index (χ4v) is 2.93. The minimum atomic E-state index is 0.0392. The smallest absolute Gasteiger partial charge is 0.263 e. The summed E-state index contributed by atoms with van der Waals surface area (Å²) in [5.74, 6) is 1.67. The molecule has 0 atom stereocenters. The predicted octanol–water partition coefficient (Wildman–Crippen LogP) is 3.37. The van der Waals surface area contributed by atoms with Crippen molar-refractivity contribution in [3.63, 3.8) is 0 Å². The molecule has 5 nitrogen and oxygen atoms in total. The van der Waals surface area contributed by atoms with Crippen molar-refractivity contribution >= 4 is 11.6 Å². The number of amides is 1. The molecule has 2 aromatic heterocycles. The zero-order valence-electron chi connectivity index (χ0n) is 12.8. The Kier molecular flexibility index (Phi) is 3.26. The predicted molar refractivity (Wildman–Crippen MR) is 85.1 cm³/mol. The van der Waals surface area contributed by atoms with E-state index in [9.17, 15) is 4.79 Å². The molecule has 23 heavy (non-hydrogen) atoms. The van der Waals surface area contributed by atoms with Gasteiger partial charge < -0.3 is 13.7 Å². The third-order valence-corrected chi connectivity index (χ3v) is 4.13. The van der Waals surface area contributed by atoms with Crippen LogP contribution in [0.5, 0.6) is 0 Å². The van der Waals surface area contributed by atoms with E-state index >= 15 is 0 Å². The van der Waals surface area contributed by atoms with Gasteiger partial charge in [-0.2, -0.15) is 0 Å². The summed E-state index contributed by atoms with van der Waals surface area (Å²) in [6.45, 7) is 2.54. The van der Waals surface area contributed by atoms with Gasteiger partial charge in [-0.25, -0.2) is 4.98 Å². The monoisotopic (exact) mass is 308 g/mol. The van der Waals surface area contributed by atoms with Crippen molar-refractivity contribution in [3.8, 4) is 11.7 Å². The van der Waals surface area contributed by atoms with Crippen molar-refractivity contribution in [2.75, 3.05) is 11.4 Å². The van der Waals surface area contributed by atoms with Crippen LogP contribution in [-0.4, -0.2) is 17.4 Å². The number of hydrogen-bond donors (Lipinski definition) is 0. The van der Waals surface area contributed by atoms with Crippen LogP contribution in [0.25, 0.3) is 11.7 Å². The maximum Gasteiger partial charge on any atom is 0.263 e. The van der Waals surface area contributed by atoms with Gasteiger partial charge in [0.1, 0.15) is 5.76 Å². The van der Waals surface area contributed by atoms with E-state index in [2.05, 4.69) is 11.1 Å². The van der Waals surface area contributed by atoms with Crippen LogP contribution in [0.2, 0.25) is 0 Å². The van der Waals surface area contributed by atoms with Gasteiger partial charge in [-0.3, -0.25) is 4.79 Å². The number of benzene rings is 1. The molecule has 1 aliphatic rings. The third-order valence-electron chi connectivity index (χ3n) is 4.13. The van der Waals surface area contributed by atoms with Gasteiger partial charge in [-0.15, -0.1) is 0 Å². The van der Waals surface area contributed by atoms with Crippen LogP contribution >= 0.6 is 0 Å². The van der Waals surface area contributed by atoms with Gasteiger partial charge in [-0.05, 0) is 37.1 Å². The maximum absolute atomic E-state index is 12.6. The molecule has 1 aromatic carbocycles. The second-order valence-electron chi connectivity index (χ2n) is 5.60. The van der Waals surface area contributed by atoms with E-state index in [1.807, 2.05) is 30.0 Å². The molecule has 3 aromatic rings. The minimum Gasteiger partial charge on any atom is -0.459 e. The van der Waals surface area contributed by atoms with E-state index in [1.54, 1.807) is 18.4 Å². The van der Waals surface area contributed by atoms with Crippen LogP contribution in [0, 0.1) is 6.92 Å². The second kappa shape index (κ2) is 5.43. The normalized spacial score (nSPS) is 13.3. The molecule has 3 heterocycles. The van der Waals surface area contributed by atoms with Gasteiger partial charge in [0.15, 0.2) is 5.76 Å². The summed E-state index contributed by atoms with van der Waals surface area (Å²) in [5, 5.41) is 0. The molecule has 0 radical (unpaired) electrons. The highest BCUT2D eigenvalue weighted by molar-refractivity contribution is 5.96. The number of nitrogens with zero attached hydrogens (tertiary/aromatic N) is 2. The summed E-state index contributed by atoms with van der Waals surface area (Å²) in [6.07, 6.45) is 2.70. The number of carbonyl (C=O) groups excluding carboxylic acids is 1. The van der Waals surface area contributed by atoms with E-state index < -0.39 is 0 Å². The molecule has 0 bridgehead atoms. The lowest BCUT2D eigenvalue weighted by atomic mass is 10.2. The average Bonchev–Trinajstić information content (AvgIpc) is 3.27. The average molecular weight is 308 g/mol. The summed E-state index contributed by atoms with van der Waals surface area (Å²) in [4.78, 5) is 18.9. The molecule has 0 fully saturated rings. The number of anilines is 1. The minimum absolute atomic E-state index is 0.0392. The van der Waals surface area contributed by atoms with Crippen molar-refractivity contribution in [2.45, 2.75) is 19.8 Å². The van der Waals surface area contributed by atoms with Gasteiger partial charge in [0.05, 0.1) is 18.4 Å². The van der Waals surface area contributed by atoms with Gasteiger partial charge in [0, 0.05) is 12.2 Å². The van der Waals surface area contributed by atoms with Gasteiger partial charge in [-0.1, -0.05) is 18.2 Å². The highest BCUT2D eigenvalue weighted by Crippen LogP contribution is 2.29. The number of fused-ring (bicyclic) bond motifs is 1. The molecular weight excluding hydrogens is 292 g/mol. The van der Waals surface area contributed by atoms with Crippen LogP contribution < -0.4 is 4.90 Å². The van der Waals surface area contributed by atoms with Crippen LogP contribution in [0.15, 0.2) is 51.5 Å².